The Bertz CT molecular complexity index is 551. The van der Waals surface area contributed by atoms with E-state index in [0.717, 1.165) is 51.4 Å². The molecule has 0 saturated carbocycles. The van der Waals surface area contributed by atoms with Crippen LogP contribution in [0, 0.1) is 5.92 Å². The van der Waals surface area contributed by atoms with Crippen molar-refractivity contribution in [2.45, 2.75) is 39.0 Å². The lowest BCUT2D eigenvalue weighted by Crippen LogP contribution is -2.40. The lowest BCUT2D eigenvalue weighted by Gasteiger charge is -2.21. The molecule has 1 unspecified atom stereocenters. The summed E-state index contributed by atoms with van der Waals surface area (Å²) in [6, 6.07) is 10.7. The van der Waals surface area contributed by atoms with Crippen molar-refractivity contribution in [1.82, 2.24) is 10.2 Å². The van der Waals surface area contributed by atoms with E-state index in [-0.39, 0.29) is 29.9 Å². The van der Waals surface area contributed by atoms with Crippen molar-refractivity contribution in [1.29, 1.82) is 0 Å². The molecule has 5 nitrogen and oxygen atoms in total. The smallest absolute Gasteiger partial charge is 0.305 e. The highest BCUT2D eigenvalue weighted by Crippen LogP contribution is 2.21. The number of methoxy groups -OCH3 is 1. The lowest BCUT2D eigenvalue weighted by molar-refractivity contribution is -0.140. The summed E-state index contributed by atoms with van der Waals surface area (Å²) in [4.78, 5) is 18.2. The molecule has 1 N–H and O–H groups in total. The highest BCUT2D eigenvalue weighted by atomic mass is 127. The van der Waals surface area contributed by atoms with Gasteiger partial charge in [-0.1, -0.05) is 30.3 Å². The van der Waals surface area contributed by atoms with Crippen LogP contribution >= 0.6 is 24.0 Å². The van der Waals surface area contributed by atoms with Gasteiger partial charge in [-0.2, -0.15) is 0 Å². The van der Waals surface area contributed by atoms with Gasteiger partial charge in [0.15, 0.2) is 5.96 Å². The maximum Gasteiger partial charge on any atom is 0.305 e. The van der Waals surface area contributed by atoms with Crippen LogP contribution in [0.3, 0.4) is 0 Å². The summed E-state index contributed by atoms with van der Waals surface area (Å²) in [5.74, 6) is 1.56. The Morgan fingerprint density at radius 3 is 2.77 bits per heavy atom. The first-order valence-corrected chi connectivity index (χ1v) is 9.37. The highest BCUT2D eigenvalue weighted by Gasteiger charge is 2.24. The maximum absolute atomic E-state index is 11.1. The van der Waals surface area contributed by atoms with Gasteiger partial charge in [0.05, 0.1) is 7.11 Å². The van der Waals surface area contributed by atoms with E-state index < -0.39 is 0 Å². The number of hydrogen-bond acceptors (Lipinski definition) is 3. The van der Waals surface area contributed by atoms with E-state index in [0.29, 0.717) is 12.3 Å². The molecule has 1 aliphatic heterocycles. The van der Waals surface area contributed by atoms with Crippen molar-refractivity contribution in [2.24, 2.45) is 10.9 Å². The fraction of sp³-hybridized carbons (Fsp3) is 0.600. The quantitative estimate of drug-likeness (QED) is 0.207. The van der Waals surface area contributed by atoms with Crippen LogP contribution in [0.2, 0.25) is 0 Å². The Kier molecular flexibility index (Phi) is 11.3. The molecule has 1 atom stereocenters. The van der Waals surface area contributed by atoms with Crippen molar-refractivity contribution in [3.05, 3.63) is 35.9 Å². The third-order valence-electron chi connectivity index (χ3n) is 4.57. The SMILES string of the molecule is CCNC(=NCCCCC(=O)OC)N1CCC(Cc2ccccc2)C1.I. The average Bonchev–Trinajstić information content (AvgIpc) is 3.09. The van der Waals surface area contributed by atoms with Gasteiger partial charge in [0, 0.05) is 32.6 Å². The van der Waals surface area contributed by atoms with E-state index in [1.807, 2.05) is 0 Å². The van der Waals surface area contributed by atoms with Crippen LogP contribution in [0.15, 0.2) is 35.3 Å². The molecule has 0 bridgehead atoms. The minimum absolute atomic E-state index is 0. The van der Waals surface area contributed by atoms with Crippen molar-refractivity contribution in [3.63, 3.8) is 0 Å². The Morgan fingerprint density at radius 1 is 1.31 bits per heavy atom. The molecule has 1 aliphatic rings. The Hall–Kier alpha value is -1.31. The molecule has 0 spiro atoms. The van der Waals surface area contributed by atoms with Gasteiger partial charge >= 0.3 is 5.97 Å². The first kappa shape index (κ1) is 22.7. The molecule has 146 valence electrons. The van der Waals surface area contributed by atoms with Gasteiger partial charge in [-0.05, 0) is 44.1 Å². The molecule has 1 heterocycles. The van der Waals surface area contributed by atoms with E-state index in [1.165, 1.54) is 19.1 Å². The number of hydrogen-bond donors (Lipinski definition) is 1. The lowest BCUT2D eigenvalue weighted by atomic mass is 9.99. The molecule has 2 rings (SSSR count). The molecule has 1 aromatic rings. The fourth-order valence-corrected chi connectivity index (χ4v) is 3.23. The molecular formula is C20H32IN3O2. The number of likely N-dealkylation sites (tertiary alicyclic amines) is 1. The summed E-state index contributed by atoms with van der Waals surface area (Å²) in [5.41, 5.74) is 1.42. The second-order valence-corrected chi connectivity index (χ2v) is 6.56. The number of unbranched alkanes of at least 4 members (excludes halogenated alkanes) is 1. The zero-order valence-corrected chi connectivity index (χ0v) is 18.3. The Balaban J connectivity index is 0.00000338. The van der Waals surface area contributed by atoms with Crippen LogP contribution in [-0.2, 0) is 16.0 Å². The van der Waals surface area contributed by atoms with Gasteiger partial charge in [0.2, 0.25) is 0 Å². The van der Waals surface area contributed by atoms with Gasteiger partial charge in [0.25, 0.3) is 0 Å². The Morgan fingerprint density at radius 2 is 2.08 bits per heavy atom. The summed E-state index contributed by atoms with van der Waals surface area (Å²) in [6.07, 6.45) is 4.56. The van der Waals surface area contributed by atoms with Crippen LogP contribution in [0.5, 0.6) is 0 Å². The van der Waals surface area contributed by atoms with Crippen LogP contribution in [0.25, 0.3) is 0 Å². The number of aliphatic imine (C=N–C) groups is 1. The zero-order chi connectivity index (χ0) is 17.9. The van der Waals surface area contributed by atoms with Crippen LogP contribution < -0.4 is 5.32 Å². The molecule has 0 aliphatic carbocycles. The number of esters is 1. The maximum atomic E-state index is 11.1. The summed E-state index contributed by atoms with van der Waals surface area (Å²) >= 11 is 0. The van der Waals surface area contributed by atoms with Gasteiger partial charge in [-0.3, -0.25) is 9.79 Å². The number of halogens is 1. The van der Waals surface area contributed by atoms with E-state index in [9.17, 15) is 4.79 Å². The molecule has 0 amide bonds. The third-order valence-corrected chi connectivity index (χ3v) is 4.57. The third kappa shape index (κ3) is 7.93. The standard InChI is InChI=1S/C20H31N3O2.HI/c1-3-21-20(22-13-8-7-11-19(24)25-2)23-14-12-18(16-23)15-17-9-5-4-6-10-17;/h4-6,9-10,18H,3,7-8,11-16H2,1-2H3,(H,21,22);1H. The second-order valence-electron chi connectivity index (χ2n) is 6.56. The highest BCUT2D eigenvalue weighted by molar-refractivity contribution is 14.0. The Labute approximate surface area is 174 Å². The molecule has 1 aromatic carbocycles. The first-order valence-electron chi connectivity index (χ1n) is 9.37. The van der Waals surface area contributed by atoms with E-state index in [1.54, 1.807) is 0 Å². The molecule has 0 radical (unpaired) electrons. The molecule has 0 aromatic heterocycles. The second kappa shape index (κ2) is 12.9. The number of nitrogens with one attached hydrogen (secondary N) is 1. The van der Waals surface area contributed by atoms with Crippen molar-refractivity contribution in [2.75, 3.05) is 33.3 Å². The molecule has 1 saturated heterocycles. The minimum Gasteiger partial charge on any atom is -0.469 e. The number of carbonyl (C=O) groups excluding carboxylic acids is 1. The number of nitrogens with zero attached hydrogens (tertiary/aromatic N) is 2. The monoisotopic (exact) mass is 473 g/mol. The topological polar surface area (TPSA) is 53.9 Å². The van der Waals surface area contributed by atoms with Crippen molar-refractivity contribution < 1.29 is 9.53 Å². The normalized spacial score (nSPS) is 16.9. The van der Waals surface area contributed by atoms with E-state index >= 15 is 0 Å². The minimum atomic E-state index is -0.140. The molecular weight excluding hydrogens is 441 g/mol. The van der Waals surface area contributed by atoms with E-state index in [2.05, 4.69) is 52.2 Å². The number of guanidine groups is 1. The predicted octanol–water partition coefficient (Wildman–Crippen LogP) is 3.48. The number of rotatable bonds is 8. The first-order chi connectivity index (χ1) is 12.2. The van der Waals surface area contributed by atoms with Crippen LogP contribution in [-0.4, -0.2) is 50.1 Å². The van der Waals surface area contributed by atoms with Gasteiger partial charge in [-0.15, -0.1) is 24.0 Å². The largest absolute Gasteiger partial charge is 0.469 e. The number of carbonyl (C=O) groups is 1. The molecule has 1 fully saturated rings. The van der Waals surface area contributed by atoms with Crippen molar-refractivity contribution >= 4 is 35.9 Å². The number of ether oxygens (including phenoxy) is 1. The summed E-state index contributed by atoms with van der Waals surface area (Å²) in [7, 11) is 1.43. The fourth-order valence-electron chi connectivity index (χ4n) is 3.23. The van der Waals surface area contributed by atoms with E-state index in [4.69, 9.17) is 4.99 Å². The molecule has 26 heavy (non-hydrogen) atoms. The van der Waals surface area contributed by atoms with Crippen LogP contribution in [0.4, 0.5) is 0 Å². The van der Waals surface area contributed by atoms with Crippen molar-refractivity contribution in [3.8, 4) is 0 Å². The van der Waals surface area contributed by atoms with Crippen LogP contribution in [0.1, 0.15) is 38.2 Å². The average molecular weight is 473 g/mol. The van der Waals surface area contributed by atoms with Gasteiger partial charge in [-0.25, -0.2) is 0 Å². The van der Waals surface area contributed by atoms with Gasteiger partial charge in [0.1, 0.15) is 0 Å². The van der Waals surface area contributed by atoms with Gasteiger partial charge < -0.3 is 15.0 Å². The zero-order valence-electron chi connectivity index (χ0n) is 15.9. The summed E-state index contributed by atoms with van der Waals surface area (Å²) in [6.45, 7) is 5.85. The number of benzene rings is 1. The predicted molar refractivity (Wildman–Crippen MR) is 117 cm³/mol. The molecule has 6 heteroatoms. The summed E-state index contributed by atoms with van der Waals surface area (Å²) < 4.78 is 4.66. The summed E-state index contributed by atoms with van der Waals surface area (Å²) in [5, 5.41) is 3.40.